The van der Waals surface area contributed by atoms with Crippen LogP contribution in [0.4, 0.5) is 0 Å². The summed E-state index contributed by atoms with van der Waals surface area (Å²) in [7, 11) is 1.57. The highest BCUT2D eigenvalue weighted by atomic mass is 16.5. The first-order valence-corrected chi connectivity index (χ1v) is 9.61. The van der Waals surface area contributed by atoms with Crippen LogP contribution in [0.3, 0.4) is 0 Å². The highest BCUT2D eigenvalue weighted by Crippen LogP contribution is 2.29. The summed E-state index contributed by atoms with van der Waals surface area (Å²) in [6.45, 7) is 7.44. The average Bonchev–Trinajstić information content (AvgIpc) is 2.70. The second kappa shape index (κ2) is 11.0. The molecular formula is C23H28N2O4. The van der Waals surface area contributed by atoms with Gasteiger partial charge >= 0.3 is 0 Å². The van der Waals surface area contributed by atoms with Crippen LogP contribution in [0.1, 0.15) is 42.9 Å². The molecule has 6 heteroatoms. The van der Waals surface area contributed by atoms with E-state index in [1.54, 1.807) is 19.2 Å². The van der Waals surface area contributed by atoms with Gasteiger partial charge in [-0.25, -0.2) is 0 Å². The first-order valence-electron chi connectivity index (χ1n) is 9.61. The van der Waals surface area contributed by atoms with Crippen molar-refractivity contribution in [2.75, 3.05) is 20.3 Å². The number of nitrogens with zero attached hydrogens (tertiary/aromatic N) is 1. The quantitative estimate of drug-likeness (QED) is 0.611. The lowest BCUT2D eigenvalue weighted by molar-refractivity contribution is -0.120. The summed E-state index contributed by atoms with van der Waals surface area (Å²) in [4.78, 5) is 11.4. The van der Waals surface area contributed by atoms with E-state index in [9.17, 15) is 4.79 Å². The van der Waals surface area contributed by atoms with Gasteiger partial charge in [0.1, 0.15) is 25.4 Å². The van der Waals surface area contributed by atoms with Crippen LogP contribution >= 0.6 is 0 Å². The van der Waals surface area contributed by atoms with Gasteiger partial charge < -0.3 is 19.5 Å². The van der Waals surface area contributed by atoms with Crippen LogP contribution in [0.5, 0.6) is 17.2 Å². The van der Waals surface area contributed by atoms with E-state index in [0.29, 0.717) is 37.2 Å². The largest absolute Gasteiger partial charge is 0.493 e. The zero-order valence-corrected chi connectivity index (χ0v) is 17.5. The smallest absolute Gasteiger partial charge is 0.234 e. The van der Waals surface area contributed by atoms with Gasteiger partial charge in [-0.2, -0.15) is 5.26 Å². The van der Waals surface area contributed by atoms with Crippen molar-refractivity contribution in [2.24, 2.45) is 0 Å². The van der Waals surface area contributed by atoms with Crippen LogP contribution in [-0.4, -0.2) is 26.2 Å². The number of ether oxygens (including phenoxy) is 3. The predicted octanol–water partition coefficient (Wildman–Crippen LogP) is 4.11. The molecule has 0 atom stereocenters. The van der Waals surface area contributed by atoms with Gasteiger partial charge in [0.05, 0.1) is 13.2 Å². The first-order chi connectivity index (χ1) is 13.9. The van der Waals surface area contributed by atoms with Crippen LogP contribution in [0.25, 0.3) is 0 Å². The standard InChI is InChI=1S/C23H28N2O4/c1-16(2)19-7-5-17(3)13-21(19)29-12-11-28-20-8-6-18(14-22(20)27-4)15-25-23(26)9-10-24/h5-8,13-14,16H,9,11-12,15H2,1-4H3,(H,25,26). The van der Waals surface area contributed by atoms with Crippen LogP contribution < -0.4 is 19.5 Å². The van der Waals surface area contributed by atoms with E-state index >= 15 is 0 Å². The predicted molar refractivity (Wildman–Crippen MR) is 111 cm³/mol. The van der Waals surface area contributed by atoms with Crippen molar-refractivity contribution in [3.8, 4) is 23.3 Å². The molecule has 1 amide bonds. The number of carbonyl (C=O) groups excluding carboxylic acids is 1. The number of methoxy groups -OCH3 is 1. The second-order valence-corrected chi connectivity index (χ2v) is 6.99. The Morgan fingerprint density at radius 3 is 2.45 bits per heavy atom. The molecule has 0 saturated carbocycles. The molecule has 6 nitrogen and oxygen atoms in total. The molecule has 29 heavy (non-hydrogen) atoms. The maximum absolute atomic E-state index is 11.4. The molecule has 0 fully saturated rings. The monoisotopic (exact) mass is 396 g/mol. The van der Waals surface area contributed by atoms with E-state index in [4.69, 9.17) is 19.5 Å². The van der Waals surface area contributed by atoms with Gasteiger partial charge in [0, 0.05) is 6.54 Å². The maximum Gasteiger partial charge on any atom is 0.234 e. The minimum atomic E-state index is -0.305. The van der Waals surface area contributed by atoms with Crippen molar-refractivity contribution in [3.05, 3.63) is 53.1 Å². The Hall–Kier alpha value is -3.20. The van der Waals surface area contributed by atoms with Crippen molar-refractivity contribution >= 4 is 5.91 Å². The molecule has 2 rings (SSSR count). The average molecular weight is 396 g/mol. The SMILES string of the molecule is COc1cc(CNC(=O)CC#N)ccc1OCCOc1cc(C)ccc1C(C)C. The number of hydrogen-bond acceptors (Lipinski definition) is 5. The van der Waals surface area contributed by atoms with E-state index in [1.165, 1.54) is 5.56 Å². The number of aryl methyl sites for hydroxylation is 1. The molecule has 0 aliphatic heterocycles. The van der Waals surface area contributed by atoms with Crippen molar-refractivity contribution < 1.29 is 19.0 Å². The summed E-state index contributed by atoms with van der Waals surface area (Å²) in [6.07, 6.45) is -0.155. The fourth-order valence-electron chi connectivity index (χ4n) is 2.82. The van der Waals surface area contributed by atoms with E-state index < -0.39 is 0 Å². The number of hydrogen-bond donors (Lipinski definition) is 1. The first kappa shape index (κ1) is 22.1. The van der Waals surface area contributed by atoms with Gasteiger partial charge in [0.2, 0.25) is 5.91 Å². The van der Waals surface area contributed by atoms with Gasteiger partial charge in [-0.15, -0.1) is 0 Å². The number of rotatable bonds is 10. The number of amides is 1. The minimum absolute atomic E-state index is 0.155. The molecule has 2 aromatic carbocycles. The Kier molecular flexibility index (Phi) is 8.35. The molecule has 1 N–H and O–H groups in total. The number of carbonyl (C=O) groups is 1. The summed E-state index contributed by atoms with van der Waals surface area (Å²) in [5.74, 6) is 2.15. The Balaban J connectivity index is 1.91. The summed E-state index contributed by atoms with van der Waals surface area (Å²) in [5, 5.41) is 11.2. The lowest BCUT2D eigenvalue weighted by Gasteiger charge is -2.16. The molecule has 0 bridgehead atoms. The third kappa shape index (κ3) is 6.72. The maximum atomic E-state index is 11.4. The summed E-state index contributed by atoms with van der Waals surface area (Å²) in [6, 6.07) is 13.5. The van der Waals surface area contributed by atoms with Crippen molar-refractivity contribution in [3.63, 3.8) is 0 Å². The van der Waals surface area contributed by atoms with Gasteiger partial charge in [-0.1, -0.05) is 32.0 Å². The molecule has 0 heterocycles. The number of nitriles is 1. The fraction of sp³-hybridized carbons (Fsp3) is 0.391. The Morgan fingerprint density at radius 1 is 1.07 bits per heavy atom. The van der Waals surface area contributed by atoms with Gasteiger partial charge in [-0.05, 0) is 47.7 Å². The zero-order valence-electron chi connectivity index (χ0n) is 17.5. The number of benzene rings is 2. The number of nitrogens with one attached hydrogen (secondary N) is 1. The van der Waals surface area contributed by atoms with Crippen molar-refractivity contribution in [2.45, 2.75) is 39.7 Å². The third-order valence-corrected chi connectivity index (χ3v) is 4.35. The summed E-state index contributed by atoms with van der Waals surface area (Å²) >= 11 is 0. The summed E-state index contributed by atoms with van der Waals surface area (Å²) in [5.41, 5.74) is 3.19. The molecule has 0 saturated heterocycles. The second-order valence-electron chi connectivity index (χ2n) is 6.99. The normalized spacial score (nSPS) is 10.3. The van der Waals surface area contributed by atoms with Gasteiger partial charge in [0.15, 0.2) is 11.5 Å². The van der Waals surface area contributed by atoms with Crippen LogP contribution in [0, 0.1) is 18.3 Å². The highest BCUT2D eigenvalue weighted by Gasteiger charge is 2.10. The molecule has 0 unspecified atom stereocenters. The zero-order chi connectivity index (χ0) is 21.2. The minimum Gasteiger partial charge on any atom is -0.493 e. The van der Waals surface area contributed by atoms with Gasteiger partial charge in [0.25, 0.3) is 0 Å². The summed E-state index contributed by atoms with van der Waals surface area (Å²) < 4.78 is 17.2. The van der Waals surface area contributed by atoms with Crippen LogP contribution in [0.2, 0.25) is 0 Å². The molecule has 0 aliphatic rings. The third-order valence-electron chi connectivity index (χ3n) is 4.35. The van der Waals surface area contributed by atoms with Crippen molar-refractivity contribution in [1.82, 2.24) is 5.32 Å². The van der Waals surface area contributed by atoms with Crippen LogP contribution in [0.15, 0.2) is 36.4 Å². The Labute approximate surface area is 172 Å². The molecule has 0 spiro atoms. The van der Waals surface area contributed by atoms with E-state index in [2.05, 4.69) is 31.3 Å². The lowest BCUT2D eigenvalue weighted by Crippen LogP contribution is -2.21. The van der Waals surface area contributed by atoms with E-state index in [-0.39, 0.29) is 12.3 Å². The lowest BCUT2D eigenvalue weighted by atomic mass is 10.0. The molecule has 0 aromatic heterocycles. The van der Waals surface area contributed by atoms with Gasteiger partial charge in [-0.3, -0.25) is 4.79 Å². The van der Waals surface area contributed by atoms with Crippen LogP contribution in [-0.2, 0) is 11.3 Å². The molecule has 2 aromatic rings. The Morgan fingerprint density at radius 2 is 1.79 bits per heavy atom. The van der Waals surface area contributed by atoms with E-state index in [1.807, 2.05) is 25.1 Å². The van der Waals surface area contributed by atoms with Crippen molar-refractivity contribution in [1.29, 1.82) is 5.26 Å². The fourth-order valence-corrected chi connectivity index (χ4v) is 2.82. The Bertz CT molecular complexity index is 872. The highest BCUT2D eigenvalue weighted by molar-refractivity contribution is 5.77. The topological polar surface area (TPSA) is 80.6 Å². The molecule has 0 radical (unpaired) electrons. The molecule has 0 aliphatic carbocycles. The van der Waals surface area contributed by atoms with E-state index in [0.717, 1.165) is 16.9 Å². The molecule has 154 valence electrons. The molecular weight excluding hydrogens is 368 g/mol.